The summed E-state index contributed by atoms with van der Waals surface area (Å²) < 4.78 is 4.94. The zero-order valence-corrected chi connectivity index (χ0v) is 20.0. The van der Waals surface area contributed by atoms with Crippen LogP contribution in [-0.4, -0.2) is 49.7 Å². The maximum atomic E-state index is 4.94. The summed E-state index contributed by atoms with van der Waals surface area (Å²) in [6, 6.07) is 16.8. The molecule has 0 aliphatic carbocycles. The fraction of sp³-hybridized carbons (Fsp3) is 0.391. The van der Waals surface area contributed by atoms with Crippen LogP contribution in [0.2, 0.25) is 0 Å². The molecule has 159 valence electrons. The van der Waals surface area contributed by atoms with Gasteiger partial charge in [-0.25, -0.2) is 0 Å². The van der Waals surface area contributed by atoms with Gasteiger partial charge in [0, 0.05) is 50.6 Å². The molecule has 0 saturated carbocycles. The van der Waals surface area contributed by atoms with E-state index in [0.717, 1.165) is 50.5 Å². The van der Waals surface area contributed by atoms with Gasteiger partial charge in [0.05, 0.1) is 11.4 Å². The maximum absolute atomic E-state index is 4.94. The molecule has 0 aromatic heterocycles. The van der Waals surface area contributed by atoms with Gasteiger partial charge in [0.1, 0.15) is 0 Å². The summed E-state index contributed by atoms with van der Waals surface area (Å²) in [6.07, 6.45) is 4.51. The zero-order valence-electron chi connectivity index (χ0n) is 17.2. The van der Waals surface area contributed by atoms with Gasteiger partial charge in [-0.05, 0) is 43.1 Å². The zero-order chi connectivity index (χ0) is 21.2. The van der Waals surface area contributed by atoms with Gasteiger partial charge in [0.15, 0.2) is 0 Å². The molecular formula is C23H27Cl2CrN3O+. The molecule has 0 radical (unpaired) electrons. The molecule has 0 atom stereocenters. The number of hydrogen-bond acceptors (Lipinski definition) is 4. The molecule has 0 bridgehead atoms. The summed E-state index contributed by atoms with van der Waals surface area (Å²) in [5.74, 6) is 0. The molecule has 3 aliphatic heterocycles. The minimum atomic E-state index is -0.181. The molecule has 0 spiro atoms. The van der Waals surface area contributed by atoms with Crippen LogP contribution in [0.4, 0.5) is 11.4 Å². The van der Waals surface area contributed by atoms with Crippen LogP contribution in [0.3, 0.4) is 0 Å². The van der Waals surface area contributed by atoms with Crippen molar-refractivity contribution in [1.82, 2.24) is 4.90 Å². The van der Waals surface area contributed by atoms with E-state index in [1.54, 1.807) is 0 Å². The van der Waals surface area contributed by atoms with Crippen molar-refractivity contribution < 1.29 is 18.1 Å². The van der Waals surface area contributed by atoms with Gasteiger partial charge in [-0.2, -0.15) is 0 Å². The fourth-order valence-electron chi connectivity index (χ4n) is 3.77. The fourth-order valence-corrected chi connectivity index (χ4v) is 3.77. The predicted molar refractivity (Wildman–Crippen MR) is 124 cm³/mol. The SMILES string of the molecule is C1CCOC1.CN(CC1=Nc2ccccc2C1)CC1=Nc2ccccc2C1.[Cl][Cr+][Cl]. The van der Waals surface area contributed by atoms with Crippen molar-refractivity contribution in [3.05, 3.63) is 59.7 Å². The third-order valence-corrected chi connectivity index (χ3v) is 5.06. The van der Waals surface area contributed by atoms with Gasteiger partial charge in [-0.15, -0.1) is 0 Å². The monoisotopic (exact) mass is 483 g/mol. The van der Waals surface area contributed by atoms with Gasteiger partial charge in [0.2, 0.25) is 0 Å². The summed E-state index contributed by atoms with van der Waals surface area (Å²) >= 11 is -0.181. The first-order chi connectivity index (χ1) is 14.7. The Labute approximate surface area is 194 Å². The first kappa shape index (κ1) is 23.5. The number of halogens is 2. The van der Waals surface area contributed by atoms with Crippen molar-refractivity contribution >= 4 is 42.9 Å². The molecule has 2 aromatic carbocycles. The first-order valence-electron chi connectivity index (χ1n) is 10.1. The minimum absolute atomic E-state index is 0.181. The average Bonchev–Trinajstić information content (AvgIpc) is 3.49. The molecule has 2 aromatic rings. The molecule has 0 amide bonds. The number of aliphatic imine (C=N–C) groups is 2. The van der Waals surface area contributed by atoms with Gasteiger partial charge in [0.25, 0.3) is 0 Å². The van der Waals surface area contributed by atoms with Crippen LogP contribution in [0.15, 0.2) is 58.5 Å². The standard InChI is InChI=1S/C19H19N3.C4H8O.2ClH.Cr/c1-22(12-16-10-14-6-2-4-8-18(14)20-16)13-17-11-15-7-3-5-9-19(15)21-17;1-2-4-5-3-1;;;/h2-9H,10-13H2,1H3;1-4H2;2*1H;/q;;;;+3/p-2. The van der Waals surface area contributed by atoms with Crippen molar-refractivity contribution in [2.45, 2.75) is 25.7 Å². The Morgan fingerprint density at radius 1 is 0.833 bits per heavy atom. The Morgan fingerprint density at radius 3 is 1.63 bits per heavy atom. The van der Waals surface area contributed by atoms with Crippen molar-refractivity contribution in [3.63, 3.8) is 0 Å². The topological polar surface area (TPSA) is 37.2 Å². The molecule has 5 rings (SSSR count). The molecule has 7 heteroatoms. The molecule has 30 heavy (non-hydrogen) atoms. The number of fused-ring (bicyclic) bond motifs is 2. The Hall–Kier alpha value is -1.19. The number of ether oxygens (including phenoxy) is 1. The van der Waals surface area contributed by atoms with E-state index in [-0.39, 0.29) is 13.4 Å². The van der Waals surface area contributed by atoms with Crippen molar-refractivity contribution in [2.75, 3.05) is 33.4 Å². The van der Waals surface area contributed by atoms with Gasteiger partial charge in [-0.3, -0.25) is 14.9 Å². The molecule has 3 heterocycles. The molecular weight excluding hydrogens is 457 g/mol. The van der Waals surface area contributed by atoms with E-state index >= 15 is 0 Å². The Balaban J connectivity index is 0.000000272. The number of nitrogens with zero attached hydrogens (tertiary/aromatic N) is 3. The summed E-state index contributed by atoms with van der Waals surface area (Å²) in [6.45, 7) is 3.81. The summed E-state index contributed by atoms with van der Waals surface area (Å²) in [5.41, 5.74) is 7.46. The van der Waals surface area contributed by atoms with Gasteiger partial charge in [-0.1, -0.05) is 36.4 Å². The van der Waals surface area contributed by atoms with Crippen LogP contribution < -0.4 is 0 Å². The van der Waals surface area contributed by atoms with Crippen LogP contribution in [0, 0.1) is 0 Å². The second-order valence-electron chi connectivity index (χ2n) is 7.52. The number of para-hydroxylation sites is 2. The molecule has 3 aliphatic rings. The van der Waals surface area contributed by atoms with E-state index in [1.807, 2.05) is 0 Å². The van der Waals surface area contributed by atoms with Crippen LogP contribution in [0.1, 0.15) is 24.0 Å². The average molecular weight is 484 g/mol. The Bertz CT molecular complexity index is 811. The van der Waals surface area contributed by atoms with Crippen LogP contribution in [0.25, 0.3) is 0 Å². The van der Waals surface area contributed by atoms with Gasteiger partial charge >= 0.3 is 33.5 Å². The number of benzene rings is 2. The molecule has 1 saturated heterocycles. The molecule has 0 N–H and O–H groups in total. The third-order valence-electron chi connectivity index (χ3n) is 5.06. The first-order valence-corrected chi connectivity index (χ1v) is 13.6. The van der Waals surface area contributed by atoms with Crippen LogP contribution in [-0.2, 0) is 31.0 Å². The second-order valence-corrected chi connectivity index (χ2v) is 9.62. The summed E-state index contributed by atoms with van der Waals surface area (Å²) in [4.78, 5) is 11.8. The van der Waals surface area contributed by atoms with E-state index in [9.17, 15) is 0 Å². The van der Waals surface area contributed by atoms with Crippen molar-refractivity contribution in [1.29, 1.82) is 0 Å². The molecule has 1 fully saturated rings. The molecule has 0 unspecified atom stereocenters. The summed E-state index contributed by atoms with van der Waals surface area (Å²) in [5, 5.41) is 0. The quantitative estimate of drug-likeness (QED) is 0.555. The normalized spacial score (nSPS) is 15.9. The third kappa shape index (κ3) is 7.20. The Morgan fingerprint density at radius 2 is 1.27 bits per heavy atom. The van der Waals surface area contributed by atoms with E-state index < -0.39 is 0 Å². The number of hydrogen-bond donors (Lipinski definition) is 0. The van der Waals surface area contributed by atoms with E-state index in [2.05, 4.69) is 60.5 Å². The van der Waals surface area contributed by atoms with E-state index in [0.29, 0.717) is 0 Å². The van der Waals surface area contributed by atoms with Crippen LogP contribution >= 0.6 is 20.1 Å². The second kappa shape index (κ2) is 12.6. The van der Waals surface area contributed by atoms with Crippen molar-refractivity contribution in [2.24, 2.45) is 9.98 Å². The van der Waals surface area contributed by atoms with Crippen molar-refractivity contribution in [3.8, 4) is 0 Å². The summed E-state index contributed by atoms with van der Waals surface area (Å²) in [7, 11) is 11.8. The van der Waals surface area contributed by atoms with E-state index in [4.69, 9.17) is 34.8 Å². The Kier molecular flexibility index (Phi) is 9.87. The number of rotatable bonds is 4. The van der Waals surface area contributed by atoms with Crippen LogP contribution in [0.5, 0.6) is 0 Å². The van der Waals surface area contributed by atoms with E-state index in [1.165, 1.54) is 35.4 Å². The molecule has 4 nitrogen and oxygen atoms in total. The predicted octanol–water partition coefficient (Wildman–Crippen LogP) is 5.75. The van der Waals surface area contributed by atoms with Gasteiger partial charge < -0.3 is 4.74 Å².